The van der Waals surface area contributed by atoms with E-state index in [0.717, 1.165) is 18.5 Å². The normalized spacial score (nSPS) is 19.1. The number of piperidine rings is 1. The standard InChI is InChI=1S/C14H28N2/c1-12(2)5-8-15-14-6-9-16(10-7-14)11-13(3)4/h5,13-15H,6-11H2,1-4H3. The van der Waals surface area contributed by atoms with Gasteiger partial charge in [0, 0.05) is 19.1 Å². The van der Waals surface area contributed by atoms with E-state index in [4.69, 9.17) is 0 Å². The maximum atomic E-state index is 3.62. The zero-order valence-electron chi connectivity index (χ0n) is 11.4. The summed E-state index contributed by atoms with van der Waals surface area (Å²) >= 11 is 0. The van der Waals surface area contributed by atoms with Gasteiger partial charge in [-0.15, -0.1) is 0 Å². The first-order valence-corrected chi connectivity index (χ1v) is 6.67. The summed E-state index contributed by atoms with van der Waals surface area (Å²) in [5.41, 5.74) is 1.41. The predicted octanol–water partition coefficient (Wildman–Crippen LogP) is 2.66. The fraction of sp³-hybridized carbons (Fsp3) is 0.857. The molecule has 0 aromatic carbocycles. The van der Waals surface area contributed by atoms with Crippen molar-refractivity contribution in [1.29, 1.82) is 0 Å². The van der Waals surface area contributed by atoms with Crippen molar-refractivity contribution >= 4 is 0 Å². The van der Waals surface area contributed by atoms with Crippen LogP contribution in [-0.4, -0.2) is 37.1 Å². The van der Waals surface area contributed by atoms with E-state index in [-0.39, 0.29) is 0 Å². The Kier molecular flexibility index (Phi) is 6.07. The fourth-order valence-corrected chi connectivity index (χ4v) is 2.27. The van der Waals surface area contributed by atoms with Gasteiger partial charge in [-0.1, -0.05) is 25.5 Å². The van der Waals surface area contributed by atoms with Gasteiger partial charge in [0.15, 0.2) is 0 Å². The summed E-state index contributed by atoms with van der Waals surface area (Å²) in [5.74, 6) is 0.801. The maximum Gasteiger partial charge on any atom is 0.0139 e. The molecule has 2 nitrogen and oxygen atoms in total. The Labute approximate surface area is 101 Å². The molecule has 0 aromatic rings. The first kappa shape index (κ1) is 13.7. The zero-order valence-corrected chi connectivity index (χ0v) is 11.4. The lowest BCUT2D eigenvalue weighted by atomic mass is 10.0. The van der Waals surface area contributed by atoms with Gasteiger partial charge < -0.3 is 10.2 Å². The highest BCUT2D eigenvalue weighted by molar-refractivity contribution is 4.95. The van der Waals surface area contributed by atoms with Crippen molar-refractivity contribution in [3.8, 4) is 0 Å². The SMILES string of the molecule is CC(C)=CCNC1CCN(CC(C)C)CC1. The van der Waals surface area contributed by atoms with E-state index in [1.807, 2.05) is 0 Å². The molecule has 1 fully saturated rings. The summed E-state index contributed by atoms with van der Waals surface area (Å²) in [7, 11) is 0. The maximum absolute atomic E-state index is 3.62. The van der Waals surface area contributed by atoms with E-state index in [2.05, 4.69) is 44.0 Å². The minimum atomic E-state index is 0.735. The van der Waals surface area contributed by atoms with Crippen LogP contribution in [-0.2, 0) is 0 Å². The van der Waals surface area contributed by atoms with Crippen molar-refractivity contribution < 1.29 is 0 Å². The molecule has 1 heterocycles. The van der Waals surface area contributed by atoms with Crippen LogP contribution in [0.5, 0.6) is 0 Å². The van der Waals surface area contributed by atoms with E-state index in [1.165, 1.54) is 38.0 Å². The van der Waals surface area contributed by atoms with Crippen LogP contribution in [0.2, 0.25) is 0 Å². The van der Waals surface area contributed by atoms with Crippen LogP contribution < -0.4 is 5.32 Å². The Morgan fingerprint density at radius 3 is 2.44 bits per heavy atom. The largest absolute Gasteiger partial charge is 0.310 e. The molecule has 1 aliphatic rings. The Morgan fingerprint density at radius 1 is 1.31 bits per heavy atom. The van der Waals surface area contributed by atoms with Gasteiger partial charge >= 0.3 is 0 Å². The molecule has 16 heavy (non-hydrogen) atoms. The fourth-order valence-electron chi connectivity index (χ4n) is 2.27. The molecule has 0 saturated carbocycles. The number of nitrogens with zero attached hydrogens (tertiary/aromatic N) is 1. The van der Waals surface area contributed by atoms with Crippen LogP contribution in [0.25, 0.3) is 0 Å². The molecule has 0 aliphatic carbocycles. The van der Waals surface area contributed by atoms with Gasteiger partial charge in [0.05, 0.1) is 0 Å². The molecule has 0 radical (unpaired) electrons. The minimum Gasteiger partial charge on any atom is -0.310 e. The molecule has 0 amide bonds. The van der Waals surface area contributed by atoms with Crippen molar-refractivity contribution in [2.24, 2.45) is 5.92 Å². The van der Waals surface area contributed by atoms with Gasteiger partial charge in [0.2, 0.25) is 0 Å². The molecule has 0 atom stereocenters. The first-order chi connectivity index (χ1) is 7.58. The highest BCUT2D eigenvalue weighted by Crippen LogP contribution is 2.11. The Bertz CT molecular complexity index is 209. The third kappa shape index (κ3) is 5.66. The van der Waals surface area contributed by atoms with E-state index in [0.29, 0.717) is 0 Å². The smallest absolute Gasteiger partial charge is 0.0139 e. The number of likely N-dealkylation sites (tertiary alicyclic amines) is 1. The van der Waals surface area contributed by atoms with Crippen LogP contribution in [0.15, 0.2) is 11.6 Å². The molecule has 1 N–H and O–H groups in total. The molecular formula is C14H28N2. The Morgan fingerprint density at radius 2 is 1.94 bits per heavy atom. The lowest BCUT2D eigenvalue weighted by Crippen LogP contribution is -2.43. The van der Waals surface area contributed by atoms with E-state index < -0.39 is 0 Å². The van der Waals surface area contributed by atoms with Crippen LogP contribution in [0, 0.1) is 5.92 Å². The van der Waals surface area contributed by atoms with Crippen molar-refractivity contribution in [3.05, 3.63) is 11.6 Å². The number of hydrogen-bond donors (Lipinski definition) is 1. The van der Waals surface area contributed by atoms with Gasteiger partial charge in [-0.05, 0) is 45.7 Å². The average Bonchev–Trinajstić information content (AvgIpc) is 2.19. The second-order valence-electron chi connectivity index (χ2n) is 5.66. The van der Waals surface area contributed by atoms with E-state index in [9.17, 15) is 0 Å². The Balaban J connectivity index is 2.14. The summed E-state index contributed by atoms with van der Waals surface area (Å²) in [6.07, 6.45) is 4.90. The quantitative estimate of drug-likeness (QED) is 0.722. The number of nitrogens with one attached hydrogen (secondary N) is 1. The number of rotatable bonds is 5. The first-order valence-electron chi connectivity index (χ1n) is 6.67. The summed E-state index contributed by atoms with van der Waals surface area (Å²) in [5, 5.41) is 3.62. The molecule has 0 unspecified atom stereocenters. The van der Waals surface area contributed by atoms with Gasteiger partial charge in [-0.25, -0.2) is 0 Å². The lowest BCUT2D eigenvalue weighted by Gasteiger charge is -2.33. The molecular weight excluding hydrogens is 196 g/mol. The van der Waals surface area contributed by atoms with Gasteiger partial charge in [-0.2, -0.15) is 0 Å². The highest BCUT2D eigenvalue weighted by atomic mass is 15.1. The summed E-state index contributed by atoms with van der Waals surface area (Å²) in [6, 6.07) is 0.735. The van der Waals surface area contributed by atoms with Crippen molar-refractivity contribution in [3.63, 3.8) is 0 Å². The second-order valence-corrected chi connectivity index (χ2v) is 5.66. The zero-order chi connectivity index (χ0) is 12.0. The molecule has 1 rings (SSSR count). The molecule has 0 bridgehead atoms. The molecule has 0 spiro atoms. The monoisotopic (exact) mass is 224 g/mol. The highest BCUT2D eigenvalue weighted by Gasteiger charge is 2.18. The molecule has 94 valence electrons. The van der Waals surface area contributed by atoms with Crippen LogP contribution in [0.4, 0.5) is 0 Å². The molecule has 2 heteroatoms. The van der Waals surface area contributed by atoms with Crippen LogP contribution in [0.1, 0.15) is 40.5 Å². The van der Waals surface area contributed by atoms with Crippen molar-refractivity contribution in [1.82, 2.24) is 10.2 Å². The van der Waals surface area contributed by atoms with E-state index >= 15 is 0 Å². The van der Waals surface area contributed by atoms with Gasteiger partial charge in [0.1, 0.15) is 0 Å². The summed E-state index contributed by atoms with van der Waals surface area (Å²) in [6.45, 7) is 13.8. The van der Waals surface area contributed by atoms with Crippen LogP contribution >= 0.6 is 0 Å². The molecule has 1 saturated heterocycles. The lowest BCUT2D eigenvalue weighted by molar-refractivity contribution is 0.182. The summed E-state index contributed by atoms with van der Waals surface area (Å²) in [4.78, 5) is 2.60. The number of allylic oxidation sites excluding steroid dienone is 1. The van der Waals surface area contributed by atoms with Crippen LogP contribution in [0.3, 0.4) is 0 Å². The van der Waals surface area contributed by atoms with Crippen molar-refractivity contribution in [2.75, 3.05) is 26.2 Å². The third-order valence-electron chi connectivity index (χ3n) is 3.13. The molecule has 0 aromatic heterocycles. The predicted molar refractivity (Wildman–Crippen MR) is 71.7 cm³/mol. The third-order valence-corrected chi connectivity index (χ3v) is 3.13. The average molecular weight is 224 g/mol. The second kappa shape index (κ2) is 7.08. The Hall–Kier alpha value is -0.340. The van der Waals surface area contributed by atoms with Gasteiger partial charge in [0.25, 0.3) is 0 Å². The van der Waals surface area contributed by atoms with E-state index in [1.54, 1.807) is 0 Å². The number of hydrogen-bond acceptors (Lipinski definition) is 2. The molecule has 1 aliphatic heterocycles. The van der Waals surface area contributed by atoms with Gasteiger partial charge in [-0.3, -0.25) is 0 Å². The minimum absolute atomic E-state index is 0.735. The van der Waals surface area contributed by atoms with Crippen molar-refractivity contribution in [2.45, 2.75) is 46.6 Å². The summed E-state index contributed by atoms with van der Waals surface area (Å²) < 4.78 is 0. The topological polar surface area (TPSA) is 15.3 Å².